The maximum atomic E-state index is 12.5. The van der Waals surface area contributed by atoms with Gasteiger partial charge in [-0.25, -0.2) is 0 Å². The molecule has 2 aromatic carbocycles. The Morgan fingerprint density at radius 3 is 2.48 bits per heavy atom. The second-order valence-corrected chi connectivity index (χ2v) is 5.61. The average molecular weight is 306 g/mol. The Hall–Kier alpha value is -2.88. The monoisotopic (exact) mass is 306 g/mol. The molecule has 0 atom stereocenters. The van der Waals surface area contributed by atoms with Crippen molar-refractivity contribution in [3.8, 4) is 0 Å². The molecule has 0 bridgehead atoms. The molecule has 0 aliphatic rings. The number of carbonyl (C=O) groups excluding carboxylic acids is 2. The van der Waals surface area contributed by atoms with Crippen LogP contribution >= 0.6 is 0 Å². The summed E-state index contributed by atoms with van der Waals surface area (Å²) in [7, 11) is 0. The van der Waals surface area contributed by atoms with Gasteiger partial charge in [0.1, 0.15) is 0 Å². The molecule has 4 nitrogen and oxygen atoms in total. The number of aryl methyl sites for hydroxylation is 2. The third-order valence-corrected chi connectivity index (χ3v) is 4.03. The van der Waals surface area contributed by atoms with Gasteiger partial charge in [-0.1, -0.05) is 42.5 Å². The Kier molecular flexibility index (Phi) is 3.98. The summed E-state index contributed by atoms with van der Waals surface area (Å²) in [5.41, 5.74) is 4.11. The van der Waals surface area contributed by atoms with Crippen LogP contribution in [0.15, 0.2) is 48.5 Å². The second-order valence-electron chi connectivity index (χ2n) is 5.61. The number of aromatic nitrogens is 1. The van der Waals surface area contributed by atoms with Crippen LogP contribution in [0.4, 0.5) is 0 Å². The van der Waals surface area contributed by atoms with E-state index in [0.29, 0.717) is 17.8 Å². The zero-order chi connectivity index (χ0) is 16.4. The topological polar surface area (TPSA) is 62.0 Å². The van der Waals surface area contributed by atoms with Crippen LogP contribution in [0.25, 0.3) is 10.9 Å². The largest absolute Gasteiger partial charge is 0.358 e. The van der Waals surface area contributed by atoms with Crippen molar-refractivity contribution in [1.82, 2.24) is 10.3 Å². The van der Waals surface area contributed by atoms with Crippen LogP contribution in [0.3, 0.4) is 0 Å². The third kappa shape index (κ3) is 2.88. The quantitative estimate of drug-likeness (QED) is 0.574. The van der Waals surface area contributed by atoms with E-state index in [-0.39, 0.29) is 0 Å². The lowest BCUT2D eigenvalue weighted by Gasteiger charge is -2.07. The van der Waals surface area contributed by atoms with E-state index < -0.39 is 11.7 Å². The number of hydrogen-bond acceptors (Lipinski definition) is 2. The van der Waals surface area contributed by atoms with Crippen LogP contribution in [0, 0.1) is 13.8 Å². The van der Waals surface area contributed by atoms with Crippen molar-refractivity contribution in [3.05, 3.63) is 70.9 Å². The number of rotatable bonds is 4. The summed E-state index contributed by atoms with van der Waals surface area (Å²) >= 11 is 0. The molecule has 1 aromatic heterocycles. The normalized spacial score (nSPS) is 10.7. The fraction of sp³-hybridized carbons (Fsp3) is 0.158. The average Bonchev–Trinajstić information content (AvgIpc) is 2.89. The number of H-pyrrole nitrogens is 1. The fourth-order valence-corrected chi connectivity index (χ4v) is 2.75. The lowest BCUT2D eigenvalue weighted by atomic mass is 10.1. The minimum Gasteiger partial charge on any atom is -0.358 e. The van der Waals surface area contributed by atoms with Crippen molar-refractivity contribution in [2.75, 3.05) is 0 Å². The highest BCUT2D eigenvalue weighted by Gasteiger charge is 2.22. The number of nitrogens with one attached hydrogen (secondary N) is 2. The van der Waals surface area contributed by atoms with Crippen molar-refractivity contribution in [2.24, 2.45) is 0 Å². The van der Waals surface area contributed by atoms with Crippen molar-refractivity contribution < 1.29 is 9.59 Å². The summed E-state index contributed by atoms with van der Waals surface area (Å²) in [4.78, 5) is 27.9. The lowest BCUT2D eigenvalue weighted by molar-refractivity contribution is -0.117. The molecule has 0 saturated carbocycles. The summed E-state index contributed by atoms with van der Waals surface area (Å²) in [5, 5.41) is 3.50. The molecule has 23 heavy (non-hydrogen) atoms. The van der Waals surface area contributed by atoms with E-state index in [9.17, 15) is 9.59 Å². The number of benzene rings is 2. The third-order valence-electron chi connectivity index (χ3n) is 4.03. The standard InChI is InChI=1S/C19H18N2O2/c1-12-7-3-4-8-14(12)11-20-19(23)18(22)17-13(2)21-16-10-6-5-9-15(16)17/h3-10,21H,11H2,1-2H3,(H,20,23). The zero-order valence-corrected chi connectivity index (χ0v) is 13.1. The van der Waals surface area contributed by atoms with Gasteiger partial charge in [-0.3, -0.25) is 9.59 Å². The van der Waals surface area contributed by atoms with E-state index in [2.05, 4.69) is 10.3 Å². The molecule has 3 rings (SSSR count). The first kappa shape index (κ1) is 15.0. The van der Waals surface area contributed by atoms with E-state index >= 15 is 0 Å². The molecule has 3 aromatic rings. The molecule has 1 heterocycles. The first-order chi connectivity index (χ1) is 11.1. The Labute approximate surface area is 134 Å². The number of ketones is 1. The van der Waals surface area contributed by atoms with Crippen LogP contribution in [0.2, 0.25) is 0 Å². The molecular formula is C19H18N2O2. The van der Waals surface area contributed by atoms with Gasteiger partial charge in [0.2, 0.25) is 0 Å². The summed E-state index contributed by atoms with van der Waals surface area (Å²) in [6.45, 7) is 4.13. The number of hydrogen-bond donors (Lipinski definition) is 2. The molecule has 0 saturated heterocycles. The van der Waals surface area contributed by atoms with Crippen molar-refractivity contribution in [2.45, 2.75) is 20.4 Å². The highest BCUT2D eigenvalue weighted by molar-refractivity contribution is 6.45. The summed E-state index contributed by atoms with van der Waals surface area (Å²) in [6, 6.07) is 15.3. The molecule has 4 heteroatoms. The maximum absolute atomic E-state index is 12.5. The predicted octanol–water partition coefficient (Wildman–Crippen LogP) is 3.28. The van der Waals surface area contributed by atoms with Gasteiger partial charge in [0.25, 0.3) is 11.7 Å². The van der Waals surface area contributed by atoms with Crippen LogP contribution < -0.4 is 5.32 Å². The minimum atomic E-state index is -0.582. The number of carbonyl (C=O) groups is 2. The fourth-order valence-electron chi connectivity index (χ4n) is 2.75. The molecule has 0 spiro atoms. The molecule has 1 amide bonds. The Morgan fingerprint density at radius 1 is 1.00 bits per heavy atom. The molecule has 0 unspecified atom stereocenters. The summed E-state index contributed by atoms with van der Waals surface area (Å²) in [6.07, 6.45) is 0. The Balaban J connectivity index is 1.81. The highest BCUT2D eigenvalue weighted by atomic mass is 16.2. The van der Waals surface area contributed by atoms with Gasteiger partial charge in [0.05, 0.1) is 5.56 Å². The van der Waals surface area contributed by atoms with Crippen LogP contribution in [-0.4, -0.2) is 16.7 Å². The summed E-state index contributed by atoms with van der Waals surface area (Å²) in [5.74, 6) is -1.09. The number of amides is 1. The van der Waals surface area contributed by atoms with Crippen LogP contribution in [-0.2, 0) is 11.3 Å². The van der Waals surface area contributed by atoms with Gasteiger partial charge in [-0.05, 0) is 31.0 Å². The number of fused-ring (bicyclic) bond motifs is 1. The van der Waals surface area contributed by atoms with E-state index in [0.717, 1.165) is 22.0 Å². The number of Topliss-reactive ketones (excluding diaryl/α,β-unsaturated/α-hetero) is 1. The molecule has 0 aliphatic carbocycles. The molecule has 2 N–H and O–H groups in total. The molecular weight excluding hydrogens is 288 g/mol. The van der Waals surface area contributed by atoms with Crippen molar-refractivity contribution in [1.29, 1.82) is 0 Å². The van der Waals surface area contributed by atoms with Crippen LogP contribution in [0.5, 0.6) is 0 Å². The Bertz CT molecular complexity index is 893. The first-order valence-electron chi connectivity index (χ1n) is 7.52. The van der Waals surface area contributed by atoms with Gasteiger partial charge in [0.15, 0.2) is 0 Å². The summed E-state index contributed by atoms with van der Waals surface area (Å²) < 4.78 is 0. The second kappa shape index (κ2) is 6.08. The van der Waals surface area contributed by atoms with Crippen molar-refractivity contribution >= 4 is 22.6 Å². The predicted molar refractivity (Wildman–Crippen MR) is 90.4 cm³/mol. The van der Waals surface area contributed by atoms with Gasteiger partial charge >= 0.3 is 0 Å². The van der Waals surface area contributed by atoms with Gasteiger partial charge in [0, 0.05) is 23.1 Å². The van der Waals surface area contributed by atoms with E-state index in [1.165, 1.54) is 0 Å². The first-order valence-corrected chi connectivity index (χ1v) is 7.52. The van der Waals surface area contributed by atoms with Gasteiger partial charge in [-0.2, -0.15) is 0 Å². The van der Waals surface area contributed by atoms with E-state index in [4.69, 9.17) is 0 Å². The van der Waals surface area contributed by atoms with E-state index in [1.54, 1.807) is 0 Å². The van der Waals surface area contributed by atoms with Crippen LogP contribution in [0.1, 0.15) is 27.2 Å². The van der Waals surface area contributed by atoms with E-state index in [1.807, 2.05) is 62.4 Å². The smallest absolute Gasteiger partial charge is 0.292 e. The maximum Gasteiger partial charge on any atom is 0.292 e. The number of aromatic amines is 1. The highest BCUT2D eigenvalue weighted by Crippen LogP contribution is 2.22. The zero-order valence-electron chi connectivity index (χ0n) is 13.1. The van der Waals surface area contributed by atoms with Crippen molar-refractivity contribution in [3.63, 3.8) is 0 Å². The molecule has 0 aliphatic heterocycles. The molecule has 0 radical (unpaired) electrons. The lowest BCUT2D eigenvalue weighted by Crippen LogP contribution is -2.31. The SMILES string of the molecule is Cc1ccccc1CNC(=O)C(=O)c1c(C)[nH]c2ccccc12. The minimum absolute atomic E-state index is 0.346. The van der Waals surface area contributed by atoms with Gasteiger partial charge < -0.3 is 10.3 Å². The Morgan fingerprint density at radius 2 is 1.70 bits per heavy atom. The number of para-hydroxylation sites is 1. The molecule has 0 fully saturated rings. The van der Waals surface area contributed by atoms with Gasteiger partial charge in [-0.15, -0.1) is 0 Å². The molecule has 116 valence electrons.